The van der Waals surface area contributed by atoms with Gasteiger partial charge in [-0.15, -0.1) is 5.10 Å². The molecule has 3 aromatic rings. The third-order valence-electron chi connectivity index (χ3n) is 4.62. The van der Waals surface area contributed by atoms with Crippen LogP contribution >= 0.6 is 11.5 Å². The van der Waals surface area contributed by atoms with Crippen molar-refractivity contribution in [1.29, 1.82) is 0 Å². The number of hydrogen-bond donors (Lipinski definition) is 1. The first-order valence-electron chi connectivity index (χ1n) is 8.32. The topological polar surface area (TPSA) is 57.7 Å². The normalized spacial score (nSPS) is 18.9. The molecule has 4 rings (SSSR count). The van der Waals surface area contributed by atoms with Crippen molar-refractivity contribution in [2.24, 2.45) is 0 Å². The smallest absolute Gasteiger partial charge is 0.125 e. The van der Waals surface area contributed by atoms with Gasteiger partial charge in [0, 0.05) is 6.54 Å². The number of H-pyrrole nitrogens is 1. The van der Waals surface area contributed by atoms with Gasteiger partial charge in [0.2, 0.25) is 0 Å². The molecule has 24 heavy (non-hydrogen) atoms. The number of nitrogens with one attached hydrogen (secondary N) is 1. The first kappa shape index (κ1) is 15.7. The maximum Gasteiger partial charge on any atom is 0.125 e. The van der Waals surface area contributed by atoms with E-state index in [0.29, 0.717) is 5.92 Å². The number of nitrogens with zero attached hydrogens (tertiary/aromatic N) is 4. The lowest BCUT2D eigenvalue weighted by Crippen LogP contribution is -2.23. The molecular formula is C17H20FN5S. The standard InChI is InChI=1S/C17H20FN5S/c1-10(2)16-15(24-22-21-16)9-23-7-3-4-14(23)17-19-12-6-5-11(18)8-13(12)20-17/h5-6,8,10,14H,3-4,7,9H2,1-2H3,(H,19,20). The van der Waals surface area contributed by atoms with E-state index in [4.69, 9.17) is 0 Å². The van der Waals surface area contributed by atoms with Crippen molar-refractivity contribution >= 4 is 22.6 Å². The number of aromatic amines is 1. The third kappa shape index (κ3) is 2.82. The monoisotopic (exact) mass is 345 g/mol. The Morgan fingerprint density at radius 1 is 1.42 bits per heavy atom. The van der Waals surface area contributed by atoms with Crippen LogP contribution in [0.1, 0.15) is 55.0 Å². The zero-order chi connectivity index (χ0) is 16.7. The predicted octanol–water partition coefficient (Wildman–Crippen LogP) is 4.01. The molecule has 0 saturated carbocycles. The molecule has 1 fully saturated rings. The summed E-state index contributed by atoms with van der Waals surface area (Å²) in [4.78, 5) is 11.6. The first-order valence-corrected chi connectivity index (χ1v) is 9.09. The fraction of sp³-hybridized carbons (Fsp3) is 0.471. The summed E-state index contributed by atoms with van der Waals surface area (Å²) in [6.07, 6.45) is 2.20. The second-order valence-corrected chi connectivity index (χ2v) is 7.49. The van der Waals surface area contributed by atoms with Crippen molar-refractivity contribution in [3.05, 3.63) is 40.4 Å². The van der Waals surface area contributed by atoms with Crippen molar-refractivity contribution < 1.29 is 4.39 Å². The number of hydrogen-bond acceptors (Lipinski definition) is 5. The van der Waals surface area contributed by atoms with Gasteiger partial charge in [0.25, 0.3) is 0 Å². The van der Waals surface area contributed by atoms with E-state index < -0.39 is 0 Å². The Labute approximate surface area is 144 Å². The van der Waals surface area contributed by atoms with Gasteiger partial charge in [0.1, 0.15) is 11.6 Å². The number of benzene rings is 1. The second kappa shape index (κ2) is 6.22. The number of halogens is 1. The molecule has 1 aliphatic rings. The number of fused-ring (bicyclic) bond motifs is 1. The molecular weight excluding hydrogens is 325 g/mol. The summed E-state index contributed by atoms with van der Waals surface area (Å²) in [7, 11) is 0. The Hall–Kier alpha value is -1.86. The molecule has 0 aliphatic carbocycles. The van der Waals surface area contributed by atoms with Gasteiger partial charge >= 0.3 is 0 Å². The quantitative estimate of drug-likeness (QED) is 0.776. The van der Waals surface area contributed by atoms with E-state index in [-0.39, 0.29) is 11.9 Å². The molecule has 1 N–H and O–H groups in total. The first-order chi connectivity index (χ1) is 11.6. The van der Waals surface area contributed by atoms with Crippen molar-refractivity contribution in [3.8, 4) is 0 Å². The summed E-state index contributed by atoms with van der Waals surface area (Å²) in [6, 6.07) is 4.93. The lowest BCUT2D eigenvalue weighted by atomic mass is 10.1. The van der Waals surface area contributed by atoms with Gasteiger partial charge < -0.3 is 4.98 Å². The molecule has 1 aromatic carbocycles. The van der Waals surface area contributed by atoms with Crippen LogP contribution in [0.4, 0.5) is 4.39 Å². The zero-order valence-corrected chi connectivity index (χ0v) is 14.6. The Bertz CT molecular complexity index is 856. The van der Waals surface area contributed by atoms with Crippen LogP contribution in [0, 0.1) is 5.82 Å². The molecule has 1 saturated heterocycles. The van der Waals surface area contributed by atoms with Crippen LogP contribution in [0.5, 0.6) is 0 Å². The molecule has 0 amide bonds. The molecule has 3 heterocycles. The summed E-state index contributed by atoms with van der Waals surface area (Å²) in [5.74, 6) is 1.07. The zero-order valence-electron chi connectivity index (χ0n) is 13.8. The van der Waals surface area contributed by atoms with Gasteiger partial charge in [-0.3, -0.25) is 4.90 Å². The van der Waals surface area contributed by atoms with E-state index in [0.717, 1.165) is 48.5 Å². The van der Waals surface area contributed by atoms with Gasteiger partial charge in [-0.05, 0) is 55.0 Å². The summed E-state index contributed by atoms with van der Waals surface area (Å²) < 4.78 is 17.5. The molecule has 5 nitrogen and oxygen atoms in total. The highest BCUT2D eigenvalue weighted by atomic mass is 32.1. The minimum atomic E-state index is -0.238. The maximum absolute atomic E-state index is 13.4. The Morgan fingerprint density at radius 3 is 3.12 bits per heavy atom. The minimum absolute atomic E-state index is 0.238. The highest BCUT2D eigenvalue weighted by Crippen LogP contribution is 2.34. The Kier molecular flexibility index (Phi) is 4.05. The summed E-state index contributed by atoms with van der Waals surface area (Å²) in [6.45, 7) is 6.18. The van der Waals surface area contributed by atoms with Gasteiger partial charge in [0.05, 0.1) is 27.6 Å². The molecule has 1 unspecified atom stereocenters. The maximum atomic E-state index is 13.4. The lowest BCUT2D eigenvalue weighted by Gasteiger charge is -2.22. The number of aromatic nitrogens is 4. The highest BCUT2D eigenvalue weighted by Gasteiger charge is 2.30. The molecule has 0 bridgehead atoms. The van der Waals surface area contributed by atoms with Crippen LogP contribution < -0.4 is 0 Å². The van der Waals surface area contributed by atoms with Gasteiger partial charge in [0.15, 0.2) is 0 Å². The Morgan fingerprint density at radius 2 is 2.29 bits per heavy atom. The fourth-order valence-electron chi connectivity index (χ4n) is 3.43. The SMILES string of the molecule is CC(C)c1nnsc1CN1CCCC1c1nc2ccc(F)cc2[nH]1. The average molecular weight is 345 g/mol. The number of rotatable bonds is 4. The molecule has 1 aliphatic heterocycles. The van der Waals surface area contributed by atoms with Gasteiger partial charge in [-0.1, -0.05) is 18.3 Å². The van der Waals surface area contributed by atoms with Crippen molar-refractivity contribution in [1.82, 2.24) is 24.5 Å². The van der Waals surface area contributed by atoms with Crippen molar-refractivity contribution in [2.45, 2.75) is 45.2 Å². The highest BCUT2D eigenvalue weighted by molar-refractivity contribution is 7.05. The van der Waals surface area contributed by atoms with Crippen LogP contribution in [0.2, 0.25) is 0 Å². The lowest BCUT2D eigenvalue weighted by molar-refractivity contribution is 0.242. The van der Waals surface area contributed by atoms with Gasteiger partial charge in [-0.2, -0.15) is 0 Å². The van der Waals surface area contributed by atoms with Crippen LogP contribution in [-0.2, 0) is 6.54 Å². The molecule has 7 heteroatoms. The van der Waals surface area contributed by atoms with E-state index in [2.05, 4.69) is 38.3 Å². The predicted molar refractivity (Wildman–Crippen MR) is 92.4 cm³/mol. The minimum Gasteiger partial charge on any atom is -0.341 e. The molecule has 1 atom stereocenters. The summed E-state index contributed by atoms with van der Waals surface area (Å²) >= 11 is 1.49. The van der Waals surface area contributed by atoms with Crippen molar-refractivity contribution in [2.75, 3.05) is 6.54 Å². The largest absolute Gasteiger partial charge is 0.341 e. The fourth-order valence-corrected chi connectivity index (χ4v) is 4.25. The number of imidazole rings is 1. The average Bonchev–Trinajstić information content (AvgIpc) is 3.25. The Balaban J connectivity index is 1.60. The molecule has 0 spiro atoms. The van der Waals surface area contributed by atoms with E-state index in [1.165, 1.54) is 28.5 Å². The summed E-state index contributed by atoms with van der Waals surface area (Å²) in [5, 5.41) is 4.28. The second-order valence-electron chi connectivity index (χ2n) is 6.65. The molecule has 0 radical (unpaired) electrons. The van der Waals surface area contributed by atoms with Crippen LogP contribution in [0.15, 0.2) is 18.2 Å². The summed E-state index contributed by atoms with van der Waals surface area (Å²) in [5.41, 5.74) is 2.68. The van der Waals surface area contributed by atoms with E-state index in [1.54, 1.807) is 6.07 Å². The van der Waals surface area contributed by atoms with E-state index in [1.807, 2.05) is 0 Å². The van der Waals surface area contributed by atoms with E-state index >= 15 is 0 Å². The molecule has 126 valence electrons. The van der Waals surface area contributed by atoms with Crippen LogP contribution in [0.25, 0.3) is 11.0 Å². The van der Waals surface area contributed by atoms with Gasteiger partial charge in [-0.25, -0.2) is 9.37 Å². The van der Waals surface area contributed by atoms with Crippen molar-refractivity contribution in [3.63, 3.8) is 0 Å². The number of likely N-dealkylation sites (tertiary alicyclic amines) is 1. The molecule has 2 aromatic heterocycles. The van der Waals surface area contributed by atoms with Crippen LogP contribution in [-0.4, -0.2) is 31.0 Å². The van der Waals surface area contributed by atoms with Crippen LogP contribution in [0.3, 0.4) is 0 Å². The third-order valence-corrected chi connectivity index (χ3v) is 5.34. The van der Waals surface area contributed by atoms with E-state index in [9.17, 15) is 4.39 Å².